The van der Waals surface area contributed by atoms with Gasteiger partial charge in [-0.25, -0.2) is 4.79 Å². The Morgan fingerprint density at radius 1 is 1.43 bits per heavy atom. The molecule has 2 amide bonds. The molecule has 0 heterocycles. The molecule has 1 fully saturated rings. The Bertz CT molecular complexity index is 459. The molecule has 1 aliphatic rings. The van der Waals surface area contributed by atoms with Crippen LogP contribution in [0, 0.1) is 0 Å². The van der Waals surface area contributed by atoms with Crippen molar-refractivity contribution in [2.45, 2.75) is 38.1 Å². The quantitative estimate of drug-likeness (QED) is 0.847. The summed E-state index contributed by atoms with van der Waals surface area (Å²) in [5.41, 5.74) is 6.35. The molecule has 0 aliphatic heterocycles. The lowest BCUT2D eigenvalue weighted by molar-refractivity contribution is 0.188. The van der Waals surface area contributed by atoms with E-state index in [1.165, 1.54) is 12.8 Å². The molecule has 21 heavy (non-hydrogen) atoms. The summed E-state index contributed by atoms with van der Waals surface area (Å²) >= 11 is 0. The number of nitrogens with one attached hydrogen (secondary N) is 1. The number of hydrogen-bond acceptors (Lipinski definition) is 3. The largest absolute Gasteiger partial charge is 0.497 e. The maximum Gasteiger partial charge on any atom is 0.322 e. The Morgan fingerprint density at radius 3 is 2.86 bits per heavy atom. The number of carbonyl (C=O) groups excluding carboxylic acids is 1. The zero-order valence-electron chi connectivity index (χ0n) is 12.7. The molecule has 116 valence electrons. The van der Waals surface area contributed by atoms with E-state index in [9.17, 15) is 4.79 Å². The predicted octanol–water partition coefficient (Wildman–Crippen LogP) is 2.82. The number of benzene rings is 1. The highest BCUT2D eigenvalue weighted by Gasteiger charge is 2.26. The molecule has 0 saturated heterocycles. The van der Waals surface area contributed by atoms with Gasteiger partial charge in [0.15, 0.2) is 0 Å². The minimum absolute atomic E-state index is 0.0383. The third-order valence-electron chi connectivity index (χ3n) is 3.95. The smallest absolute Gasteiger partial charge is 0.322 e. The van der Waals surface area contributed by atoms with E-state index in [2.05, 4.69) is 5.32 Å². The molecule has 1 aromatic rings. The van der Waals surface area contributed by atoms with Gasteiger partial charge in [0, 0.05) is 24.3 Å². The van der Waals surface area contributed by atoms with Gasteiger partial charge in [0.25, 0.3) is 0 Å². The average molecular weight is 291 g/mol. The lowest BCUT2D eigenvalue weighted by Crippen LogP contribution is -2.42. The molecule has 0 radical (unpaired) electrons. The summed E-state index contributed by atoms with van der Waals surface area (Å²) in [5.74, 6) is 0.738. The number of hydrogen-bond donors (Lipinski definition) is 2. The maximum atomic E-state index is 12.5. The van der Waals surface area contributed by atoms with Gasteiger partial charge >= 0.3 is 6.03 Å². The molecule has 5 heteroatoms. The Balaban J connectivity index is 2.02. The van der Waals surface area contributed by atoms with E-state index in [4.69, 9.17) is 10.5 Å². The number of methoxy groups -OCH3 is 1. The first-order valence-corrected chi connectivity index (χ1v) is 7.66. The molecule has 5 nitrogen and oxygen atoms in total. The van der Waals surface area contributed by atoms with E-state index in [-0.39, 0.29) is 6.03 Å². The Labute approximate surface area is 126 Å². The first-order valence-electron chi connectivity index (χ1n) is 7.66. The van der Waals surface area contributed by atoms with Crippen LogP contribution in [0.3, 0.4) is 0 Å². The Morgan fingerprint density at radius 2 is 2.19 bits per heavy atom. The highest BCUT2D eigenvalue weighted by Crippen LogP contribution is 2.25. The lowest BCUT2D eigenvalue weighted by atomic mass is 10.2. The second kappa shape index (κ2) is 7.88. The van der Waals surface area contributed by atoms with Crippen LogP contribution in [0.15, 0.2) is 24.3 Å². The molecule has 0 bridgehead atoms. The standard InChI is InChI=1S/C16H25N3O2/c1-21-15-9-4-6-13(12-15)18-16(20)19(11-5-10-17)14-7-2-3-8-14/h4,6,9,12,14H,2-3,5,7-8,10-11,17H2,1H3,(H,18,20). The van der Waals surface area contributed by atoms with Crippen LogP contribution in [0.4, 0.5) is 10.5 Å². The number of ether oxygens (including phenoxy) is 1. The third-order valence-corrected chi connectivity index (χ3v) is 3.95. The van der Waals surface area contributed by atoms with Crippen molar-refractivity contribution in [3.05, 3.63) is 24.3 Å². The number of nitrogens with zero attached hydrogens (tertiary/aromatic N) is 1. The summed E-state index contributed by atoms with van der Waals surface area (Å²) in [5, 5.41) is 2.97. The van der Waals surface area contributed by atoms with Gasteiger partial charge in [0.1, 0.15) is 5.75 Å². The second-order valence-electron chi connectivity index (χ2n) is 5.44. The normalized spacial score (nSPS) is 15.0. The van der Waals surface area contributed by atoms with Crippen molar-refractivity contribution in [2.24, 2.45) is 5.73 Å². The van der Waals surface area contributed by atoms with Crippen LogP contribution < -0.4 is 15.8 Å². The minimum atomic E-state index is -0.0383. The van der Waals surface area contributed by atoms with Crippen LogP contribution in [-0.4, -0.2) is 37.2 Å². The lowest BCUT2D eigenvalue weighted by Gasteiger charge is -2.29. The molecule has 1 aromatic carbocycles. The van der Waals surface area contributed by atoms with Crippen LogP contribution in [0.25, 0.3) is 0 Å². The van der Waals surface area contributed by atoms with E-state index in [0.717, 1.165) is 37.2 Å². The summed E-state index contributed by atoms with van der Waals surface area (Å²) in [7, 11) is 1.62. The van der Waals surface area contributed by atoms with Crippen molar-refractivity contribution >= 4 is 11.7 Å². The van der Waals surface area contributed by atoms with Crippen molar-refractivity contribution in [1.29, 1.82) is 0 Å². The highest BCUT2D eigenvalue weighted by molar-refractivity contribution is 5.89. The van der Waals surface area contributed by atoms with E-state index in [0.29, 0.717) is 12.6 Å². The van der Waals surface area contributed by atoms with E-state index >= 15 is 0 Å². The minimum Gasteiger partial charge on any atom is -0.497 e. The first-order chi connectivity index (χ1) is 10.2. The number of nitrogens with two attached hydrogens (primary N) is 1. The second-order valence-corrected chi connectivity index (χ2v) is 5.44. The summed E-state index contributed by atoms with van der Waals surface area (Å²) < 4.78 is 5.18. The molecular formula is C16H25N3O2. The van der Waals surface area contributed by atoms with Gasteiger partial charge in [-0.1, -0.05) is 18.9 Å². The summed E-state index contributed by atoms with van der Waals surface area (Å²) in [6.07, 6.45) is 5.43. The molecule has 1 saturated carbocycles. The van der Waals surface area contributed by atoms with Crippen molar-refractivity contribution in [2.75, 3.05) is 25.5 Å². The fourth-order valence-corrected chi connectivity index (χ4v) is 2.82. The summed E-state index contributed by atoms with van der Waals surface area (Å²) in [6.45, 7) is 1.33. The highest BCUT2D eigenvalue weighted by atomic mass is 16.5. The Kier molecular flexibility index (Phi) is 5.87. The van der Waals surface area contributed by atoms with Gasteiger partial charge in [0.2, 0.25) is 0 Å². The summed E-state index contributed by atoms with van der Waals surface area (Å²) in [4.78, 5) is 14.5. The molecule has 0 unspecified atom stereocenters. The molecule has 1 aliphatic carbocycles. The van der Waals surface area contributed by atoms with Crippen LogP contribution in [0.2, 0.25) is 0 Å². The third kappa shape index (κ3) is 4.36. The SMILES string of the molecule is COc1cccc(NC(=O)N(CCCN)C2CCCC2)c1. The molecule has 0 atom stereocenters. The van der Waals surface area contributed by atoms with E-state index < -0.39 is 0 Å². The van der Waals surface area contributed by atoms with Gasteiger partial charge in [-0.3, -0.25) is 0 Å². The number of urea groups is 1. The molecule has 3 N–H and O–H groups in total. The van der Waals surface area contributed by atoms with Crippen LogP contribution in [0.1, 0.15) is 32.1 Å². The van der Waals surface area contributed by atoms with Crippen LogP contribution >= 0.6 is 0 Å². The fourth-order valence-electron chi connectivity index (χ4n) is 2.82. The maximum absolute atomic E-state index is 12.5. The number of anilines is 1. The topological polar surface area (TPSA) is 67.6 Å². The number of carbonyl (C=O) groups is 1. The first kappa shape index (κ1) is 15.6. The van der Waals surface area contributed by atoms with Crippen molar-refractivity contribution < 1.29 is 9.53 Å². The van der Waals surface area contributed by atoms with E-state index in [1.807, 2.05) is 29.2 Å². The van der Waals surface area contributed by atoms with Gasteiger partial charge < -0.3 is 20.7 Å². The zero-order chi connectivity index (χ0) is 15.1. The Hall–Kier alpha value is -1.75. The average Bonchev–Trinajstić information content (AvgIpc) is 3.02. The summed E-state index contributed by atoms with van der Waals surface area (Å²) in [6, 6.07) is 7.74. The fraction of sp³-hybridized carbons (Fsp3) is 0.562. The van der Waals surface area contributed by atoms with Crippen molar-refractivity contribution in [1.82, 2.24) is 4.90 Å². The zero-order valence-corrected chi connectivity index (χ0v) is 12.7. The number of amides is 2. The van der Waals surface area contributed by atoms with Crippen LogP contribution in [0.5, 0.6) is 5.75 Å². The van der Waals surface area contributed by atoms with Gasteiger partial charge in [-0.15, -0.1) is 0 Å². The number of rotatable bonds is 6. The van der Waals surface area contributed by atoms with Gasteiger partial charge in [-0.05, 0) is 37.9 Å². The molecule has 0 aromatic heterocycles. The van der Waals surface area contributed by atoms with Crippen molar-refractivity contribution in [3.8, 4) is 5.75 Å². The van der Waals surface area contributed by atoms with Gasteiger partial charge in [0.05, 0.1) is 7.11 Å². The molecule has 0 spiro atoms. The van der Waals surface area contributed by atoms with E-state index in [1.54, 1.807) is 7.11 Å². The predicted molar refractivity (Wildman–Crippen MR) is 84.6 cm³/mol. The molecular weight excluding hydrogens is 266 g/mol. The van der Waals surface area contributed by atoms with Gasteiger partial charge in [-0.2, -0.15) is 0 Å². The monoisotopic (exact) mass is 291 g/mol. The molecule has 2 rings (SSSR count). The van der Waals surface area contributed by atoms with Crippen LogP contribution in [-0.2, 0) is 0 Å². The van der Waals surface area contributed by atoms with Crippen molar-refractivity contribution in [3.63, 3.8) is 0 Å².